The number of pyridine rings is 1. The summed E-state index contributed by atoms with van der Waals surface area (Å²) >= 11 is 0. The number of primary amides is 1. The molecule has 27 heavy (non-hydrogen) atoms. The summed E-state index contributed by atoms with van der Waals surface area (Å²) < 4.78 is 3.57. The second-order valence-electron chi connectivity index (χ2n) is 7.13. The Kier molecular flexibility index (Phi) is 4.43. The quantitative estimate of drug-likeness (QED) is 0.727. The van der Waals surface area contributed by atoms with Crippen LogP contribution in [0.4, 0.5) is 11.5 Å². The molecule has 0 unspecified atom stereocenters. The van der Waals surface area contributed by atoms with E-state index in [-0.39, 0.29) is 24.1 Å². The predicted octanol–water partition coefficient (Wildman–Crippen LogP) is 2.62. The van der Waals surface area contributed by atoms with Gasteiger partial charge in [-0.1, -0.05) is 31.0 Å². The van der Waals surface area contributed by atoms with Crippen molar-refractivity contribution in [2.45, 2.75) is 38.1 Å². The maximum atomic E-state index is 12.7. The Balaban J connectivity index is 1.75. The number of imidazole rings is 1. The largest absolute Gasteiger partial charge is 0.369 e. The first-order valence-corrected chi connectivity index (χ1v) is 9.25. The molecule has 140 valence electrons. The Morgan fingerprint density at radius 3 is 2.74 bits per heavy atom. The maximum Gasteiger partial charge on any atom is 0.329 e. The lowest BCUT2D eigenvalue weighted by molar-refractivity contribution is -0.117. The van der Waals surface area contributed by atoms with Gasteiger partial charge in [0.2, 0.25) is 5.91 Å². The number of hydrogen-bond donors (Lipinski definition) is 2. The van der Waals surface area contributed by atoms with Gasteiger partial charge < -0.3 is 11.1 Å². The molecule has 0 saturated heterocycles. The number of nitrogens with zero attached hydrogens (tertiary/aromatic N) is 3. The molecule has 1 aliphatic rings. The average molecular weight is 365 g/mol. The number of aryl methyl sites for hydroxylation is 1. The Labute approximate surface area is 156 Å². The minimum atomic E-state index is -0.384. The number of fused-ring (bicyclic) bond motifs is 1. The molecule has 1 aromatic carbocycles. The second-order valence-corrected chi connectivity index (χ2v) is 7.13. The monoisotopic (exact) mass is 365 g/mol. The van der Waals surface area contributed by atoms with Gasteiger partial charge in [0.15, 0.2) is 0 Å². The van der Waals surface area contributed by atoms with Crippen LogP contribution in [0.25, 0.3) is 11.0 Å². The van der Waals surface area contributed by atoms with Crippen LogP contribution in [0.5, 0.6) is 0 Å². The number of anilines is 2. The van der Waals surface area contributed by atoms with Crippen LogP contribution < -0.4 is 16.7 Å². The number of carbonyl (C=O) groups excluding carboxylic acids is 1. The zero-order valence-corrected chi connectivity index (χ0v) is 15.3. The molecule has 0 aliphatic heterocycles. The number of nitrogens with two attached hydrogens (primary N) is 1. The molecular weight excluding hydrogens is 342 g/mol. The molecule has 3 aromatic rings. The standard InChI is InChI=1S/C20H23N5O2/c1-24-17-12-22-19(23-15-9-5-2-6-13(15)10-18(21)26)11-16(17)25(20(24)27)14-7-3-4-8-14/h2,5-6,9,11-12,14H,3-4,7-8,10H2,1H3,(H2,21,26)(H,22,23). The number of benzene rings is 1. The van der Waals surface area contributed by atoms with Crippen molar-refractivity contribution in [2.24, 2.45) is 12.8 Å². The normalized spacial score (nSPS) is 14.7. The van der Waals surface area contributed by atoms with Gasteiger partial charge in [-0.3, -0.25) is 13.9 Å². The Morgan fingerprint density at radius 2 is 2.00 bits per heavy atom. The van der Waals surface area contributed by atoms with E-state index in [1.165, 1.54) is 0 Å². The SMILES string of the molecule is Cn1c(=O)n(C2CCCC2)c2cc(Nc3ccccc3CC(N)=O)ncc21. The van der Waals surface area contributed by atoms with Gasteiger partial charge in [-0.2, -0.15) is 0 Å². The van der Waals surface area contributed by atoms with Crippen molar-refractivity contribution in [3.8, 4) is 0 Å². The van der Waals surface area contributed by atoms with Crippen molar-refractivity contribution in [2.75, 3.05) is 5.32 Å². The third-order valence-corrected chi connectivity index (χ3v) is 5.31. The highest BCUT2D eigenvalue weighted by Crippen LogP contribution is 2.32. The van der Waals surface area contributed by atoms with Crippen LogP contribution >= 0.6 is 0 Å². The smallest absolute Gasteiger partial charge is 0.329 e. The molecule has 7 nitrogen and oxygen atoms in total. The molecule has 1 aliphatic carbocycles. The van der Waals surface area contributed by atoms with E-state index in [1.807, 2.05) is 34.9 Å². The number of amides is 1. The van der Waals surface area contributed by atoms with Gasteiger partial charge in [-0.15, -0.1) is 0 Å². The van der Waals surface area contributed by atoms with Crippen LogP contribution in [0.15, 0.2) is 41.3 Å². The molecule has 0 atom stereocenters. The van der Waals surface area contributed by atoms with Crippen molar-refractivity contribution < 1.29 is 4.79 Å². The Bertz CT molecular complexity index is 1060. The van der Waals surface area contributed by atoms with Gasteiger partial charge in [-0.05, 0) is 24.5 Å². The summed E-state index contributed by atoms with van der Waals surface area (Å²) in [5, 5.41) is 3.27. The molecule has 0 radical (unpaired) electrons. The third-order valence-electron chi connectivity index (χ3n) is 5.31. The molecule has 2 heterocycles. The molecule has 1 amide bonds. The minimum absolute atomic E-state index is 0.00461. The van der Waals surface area contributed by atoms with Gasteiger partial charge in [-0.25, -0.2) is 9.78 Å². The van der Waals surface area contributed by atoms with Crippen molar-refractivity contribution >= 4 is 28.4 Å². The first-order valence-electron chi connectivity index (χ1n) is 9.25. The highest BCUT2D eigenvalue weighted by molar-refractivity contribution is 5.81. The highest BCUT2D eigenvalue weighted by Gasteiger charge is 2.23. The molecule has 3 N–H and O–H groups in total. The van der Waals surface area contributed by atoms with Crippen molar-refractivity contribution in [3.63, 3.8) is 0 Å². The zero-order valence-electron chi connectivity index (χ0n) is 15.3. The molecule has 1 saturated carbocycles. The van der Waals surface area contributed by atoms with E-state index < -0.39 is 0 Å². The molecule has 0 spiro atoms. The lowest BCUT2D eigenvalue weighted by atomic mass is 10.1. The van der Waals surface area contributed by atoms with E-state index in [4.69, 9.17) is 5.73 Å². The summed E-state index contributed by atoms with van der Waals surface area (Å²) in [4.78, 5) is 28.5. The number of rotatable bonds is 5. The van der Waals surface area contributed by atoms with Gasteiger partial charge >= 0.3 is 5.69 Å². The van der Waals surface area contributed by atoms with E-state index in [0.29, 0.717) is 5.82 Å². The van der Waals surface area contributed by atoms with Crippen LogP contribution in [-0.2, 0) is 18.3 Å². The van der Waals surface area contributed by atoms with Gasteiger partial charge in [0.1, 0.15) is 5.82 Å². The maximum absolute atomic E-state index is 12.7. The number of aromatic nitrogens is 3. The fourth-order valence-electron chi connectivity index (χ4n) is 3.96. The number of carbonyl (C=O) groups is 1. The second kappa shape index (κ2) is 6.90. The van der Waals surface area contributed by atoms with Crippen LogP contribution in [0.1, 0.15) is 37.3 Å². The van der Waals surface area contributed by atoms with Crippen molar-refractivity contribution in [1.29, 1.82) is 0 Å². The predicted molar refractivity (Wildman–Crippen MR) is 105 cm³/mol. The van der Waals surface area contributed by atoms with Crippen molar-refractivity contribution in [3.05, 3.63) is 52.6 Å². The van der Waals surface area contributed by atoms with E-state index in [0.717, 1.165) is 48.0 Å². The molecule has 2 aromatic heterocycles. The summed E-state index contributed by atoms with van der Waals surface area (Å²) in [6.45, 7) is 0. The highest BCUT2D eigenvalue weighted by atomic mass is 16.2. The first-order chi connectivity index (χ1) is 13.0. The van der Waals surface area contributed by atoms with Crippen LogP contribution in [0.3, 0.4) is 0 Å². The minimum Gasteiger partial charge on any atom is -0.369 e. The number of hydrogen-bond acceptors (Lipinski definition) is 4. The van der Waals surface area contributed by atoms with Crippen molar-refractivity contribution in [1.82, 2.24) is 14.1 Å². The Hall–Kier alpha value is -3.09. The average Bonchev–Trinajstić information content (AvgIpc) is 3.24. The van der Waals surface area contributed by atoms with E-state index in [1.54, 1.807) is 17.8 Å². The number of para-hydroxylation sites is 1. The van der Waals surface area contributed by atoms with E-state index >= 15 is 0 Å². The molecule has 7 heteroatoms. The summed E-state index contributed by atoms with van der Waals surface area (Å²) in [5.74, 6) is 0.252. The van der Waals surface area contributed by atoms with Crippen LogP contribution in [0, 0.1) is 0 Å². The van der Waals surface area contributed by atoms with Crippen LogP contribution in [-0.4, -0.2) is 20.0 Å². The van der Waals surface area contributed by atoms with E-state index in [9.17, 15) is 9.59 Å². The van der Waals surface area contributed by atoms with Crippen LogP contribution in [0.2, 0.25) is 0 Å². The fourth-order valence-corrected chi connectivity index (χ4v) is 3.96. The first kappa shape index (κ1) is 17.3. The summed E-state index contributed by atoms with van der Waals surface area (Å²) in [6, 6.07) is 9.67. The molecular formula is C20H23N5O2. The summed E-state index contributed by atoms with van der Waals surface area (Å²) in [6.07, 6.45) is 6.26. The number of nitrogens with one attached hydrogen (secondary N) is 1. The lowest BCUT2D eigenvalue weighted by Gasteiger charge is -2.13. The van der Waals surface area contributed by atoms with Gasteiger partial charge in [0.05, 0.1) is 23.7 Å². The molecule has 4 rings (SSSR count). The third kappa shape index (κ3) is 3.20. The fraction of sp³-hybridized carbons (Fsp3) is 0.350. The summed E-state index contributed by atoms with van der Waals surface area (Å²) in [7, 11) is 1.78. The molecule has 0 bridgehead atoms. The lowest BCUT2D eigenvalue weighted by Crippen LogP contribution is -2.24. The zero-order chi connectivity index (χ0) is 19.0. The Morgan fingerprint density at radius 1 is 1.26 bits per heavy atom. The topological polar surface area (TPSA) is 94.9 Å². The summed E-state index contributed by atoms with van der Waals surface area (Å²) in [5.41, 5.74) is 8.66. The van der Waals surface area contributed by atoms with E-state index in [2.05, 4.69) is 10.3 Å². The van der Waals surface area contributed by atoms with Gasteiger partial charge in [0, 0.05) is 24.8 Å². The molecule has 1 fully saturated rings. The van der Waals surface area contributed by atoms with Gasteiger partial charge in [0.25, 0.3) is 0 Å².